The van der Waals surface area contributed by atoms with Gasteiger partial charge in [0.15, 0.2) is 5.65 Å². The number of para-hydroxylation sites is 1. The quantitative estimate of drug-likeness (QED) is 0.599. The summed E-state index contributed by atoms with van der Waals surface area (Å²) < 4.78 is 3.48. The molecule has 24 heavy (non-hydrogen) atoms. The summed E-state index contributed by atoms with van der Waals surface area (Å²) in [5.74, 6) is -0.685. The summed E-state index contributed by atoms with van der Waals surface area (Å²) in [6, 6.07) is 10.4. The van der Waals surface area contributed by atoms with Crippen molar-refractivity contribution in [2.45, 2.75) is 0 Å². The number of hydrogen-bond donors (Lipinski definition) is 2. The van der Waals surface area contributed by atoms with Gasteiger partial charge < -0.3 is 15.0 Å². The van der Waals surface area contributed by atoms with Gasteiger partial charge in [-0.1, -0.05) is 12.1 Å². The molecule has 0 bridgehead atoms. The van der Waals surface area contributed by atoms with Gasteiger partial charge in [-0.05, 0) is 24.3 Å². The summed E-state index contributed by atoms with van der Waals surface area (Å²) in [6.07, 6.45) is 7.04. The number of benzene rings is 1. The molecule has 3 heterocycles. The second-order valence-electron chi connectivity index (χ2n) is 5.07. The van der Waals surface area contributed by atoms with Crippen LogP contribution in [0.15, 0.2) is 61.3 Å². The van der Waals surface area contributed by atoms with Gasteiger partial charge in [0.05, 0.1) is 29.5 Å². The van der Waals surface area contributed by atoms with Crippen LogP contribution in [-0.4, -0.2) is 35.2 Å². The molecule has 8 heteroatoms. The van der Waals surface area contributed by atoms with Gasteiger partial charge in [0.1, 0.15) is 0 Å². The Morgan fingerprint density at radius 3 is 2.83 bits per heavy atom. The molecule has 8 nitrogen and oxygen atoms in total. The fourth-order valence-electron chi connectivity index (χ4n) is 2.39. The third-order valence-corrected chi connectivity index (χ3v) is 3.52. The SMILES string of the molecule is O=C(O)c1ccccc1Nc1nc2ccc(-n3ccnc3)cn2n1. The molecule has 0 saturated carbocycles. The van der Waals surface area contributed by atoms with Crippen molar-refractivity contribution in [3.8, 4) is 5.69 Å². The van der Waals surface area contributed by atoms with E-state index >= 15 is 0 Å². The van der Waals surface area contributed by atoms with E-state index in [0.717, 1.165) is 5.69 Å². The van der Waals surface area contributed by atoms with Crippen LogP contribution < -0.4 is 5.32 Å². The first-order valence-corrected chi connectivity index (χ1v) is 7.15. The number of nitrogens with one attached hydrogen (secondary N) is 1. The first kappa shape index (κ1) is 13.9. The molecule has 4 rings (SSSR count). The van der Waals surface area contributed by atoms with E-state index in [-0.39, 0.29) is 5.56 Å². The molecule has 0 radical (unpaired) electrons. The maximum Gasteiger partial charge on any atom is 0.337 e. The van der Waals surface area contributed by atoms with Crippen molar-refractivity contribution in [1.29, 1.82) is 0 Å². The van der Waals surface area contributed by atoms with Gasteiger partial charge in [-0.3, -0.25) is 0 Å². The number of hydrogen-bond acceptors (Lipinski definition) is 5. The highest BCUT2D eigenvalue weighted by Gasteiger charge is 2.11. The third-order valence-electron chi connectivity index (χ3n) is 3.52. The molecule has 2 N–H and O–H groups in total. The van der Waals surface area contributed by atoms with Gasteiger partial charge in [-0.25, -0.2) is 14.3 Å². The molecule has 0 aliphatic carbocycles. The normalized spacial score (nSPS) is 10.8. The van der Waals surface area contributed by atoms with E-state index in [2.05, 4.69) is 20.4 Å². The summed E-state index contributed by atoms with van der Waals surface area (Å²) in [5, 5.41) is 16.5. The summed E-state index contributed by atoms with van der Waals surface area (Å²) in [5.41, 5.74) is 2.14. The molecule has 0 atom stereocenters. The van der Waals surface area contributed by atoms with Crippen molar-refractivity contribution in [2.75, 3.05) is 5.32 Å². The summed E-state index contributed by atoms with van der Waals surface area (Å²) >= 11 is 0. The van der Waals surface area contributed by atoms with E-state index in [1.54, 1.807) is 35.2 Å². The number of fused-ring (bicyclic) bond motifs is 1. The van der Waals surface area contributed by atoms with Crippen molar-refractivity contribution in [1.82, 2.24) is 24.1 Å². The fraction of sp³-hybridized carbons (Fsp3) is 0. The smallest absolute Gasteiger partial charge is 0.337 e. The second-order valence-corrected chi connectivity index (χ2v) is 5.07. The molecule has 3 aromatic heterocycles. The minimum absolute atomic E-state index is 0.162. The number of pyridine rings is 1. The molecule has 4 aromatic rings. The highest BCUT2D eigenvalue weighted by molar-refractivity contribution is 5.94. The number of aromatic carboxylic acids is 1. The lowest BCUT2D eigenvalue weighted by atomic mass is 10.2. The van der Waals surface area contributed by atoms with Crippen LogP contribution in [0.3, 0.4) is 0 Å². The van der Waals surface area contributed by atoms with Gasteiger partial charge >= 0.3 is 5.97 Å². The first-order chi connectivity index (χ1) is 11.7. The van der Waals surface area contributed by atoms with Crippen LogP contribution in [0.2, 0.25) is 0 Å². The molecule has 0 aliphatic heterocycles. The molecule has 0 amide bonds. The van der Waals surface area contributed by atoms with Crippen LogP contribution >= 0.6 is 0 Å². The lowest BCUT2D eigenvalue weighted by Crippen LogP contribution is -2.03. The minimum atomic E-state index is -1.01. The molecular weight excluding hydrogens is 308 g/mol. The van der Waals surface area contributed by atoms with E-state index in [9.17, 15) is 9.90 Å². The Labute approximate surface area is 136 Å². The van der Waals surface area contributed by atoms with Gasteiger partial charge in [-0.2, -0.15) is 4.98 Å². The zero-order chi connectivity index (χ0) is 16.5. The van der Waals surface area contributed by atoms with Crippen LogP contribution in [-0.2, 0) is 0 Å². The van der Waals surface area contributed by atoms with Gasteiger partial charge in [-0.15, -0.1) is 5.10 Å². The van der Waals surface area contributed by atoms with Crippen LogP contribution in [0.5, 0.6) is 0 Å². The molecule has 0 fully saturated rings. The number of nitrogens with zero attached hydrogens (tertiary/aromatic N) is 5. The van der Waals surface area contributed by atoms with Crippen molar-refractivity contribution < 1.29 is 9.90 Å². The number of imidazole rings is 1. The Morgan fingerprint density at radius 1 is 1.17 bits per heavy atom. The fourth-order valence-corrected chi connectivity index (χ4v) is 2.39. The van der Waals surface area contributed by atoms with Gasteiger partial charge in [0.2, 0.25) is 5.95 Å². The molecule has 0 spiro atoms. The molecule has 0 unspecified atom stereocenters. The van der Waals surface area contributed by atoms with Crippen molar-refractivity contribution in [3.05, 3.63) is 66.9 Å². The van der Waals surface area contributed by atoms with E-state index in [0.29, 0.717) is 17.3 Å². The predicted octanol–water partition coefficient (Wildman–Crippen LogP) is 2.36. The van der Waals surface area contributed by atoms with Gasteiger partial charge in [0.25, 0.3) is 0 Å². The average Bonchev–Trinajstić information content (AvgIpc) is 3.23. The van der Waals surface area contributed by atoms with E-state index in [1.165, 1.54) is 6.07 Å². The summed E-state index contributed by atoms with van der Waals surface area (Å²) in [7, 11) is 0. The number of carbonyl (C=O) groups is 1. The van der Waals surface area contributed by atoms with Crippen LogP contribution in [0, 0.1) is 0 Å². The molecule has 1 aromatic carbocycles. The Morgan fingerprint density at radius 2 is 2.04 bits per heavy atom. The van der Waals surface area contributed by atoms with Gasteiger partial charge in [0, 0.05) is 12.4 Å². The molecule has 0 aliphatic rings. The van der Waals surface area contributed by atoms with Crippen molar-refractivity contribution in [2.24, 2.45) is 0 Å². The molecule has 118 valence electrons. The lowest BCUT2D eigenvalue weighted by Gasteiger charge is -2.05. The zero-order valence-electron chi connectivity index (χ0n) is 12.4. The Bertz CT molecular complexity index is 1020. The highest BCUT2D eigenvalue weighted by atomic mass is 16.4. The monoisotopic (exact) mass is 320 g/mol. The largest absolute Gasteiger partial charge is 0.478 e. The average molecular weight is 320 g/mol. The standard InChI is InChI=1S/C16H12N6O2/c23-15(24)12-3-1-2-4-13(12)18-16-19-14-6-5-11(9-22(14)20-16)21-8-7-17-10-21/h1-10H,(H,18,20)(H,23,24). The van der Waals surface area contributed by atoms with Crippen LogP contribution in [0.4, 0.5) is 11.6 Å². The maximum absolute atomic E-state index is 11.3. The van der Waals surface area contributed by atoms with E-state index < -0.39 is 5.97 Å². The lowest BCUT2D eigenvalue weighted by molar-refractivity contribution is 0.0698. The second kappa shape index (κ2) is 5.51. The summed E-state index contributed by atoms with van der Waals surface area (Å²) in [6.45, 7) is 0. The Balaban J connectivity index is 1.70. The Kier molecular flexibility index (Phi) is 3.20. The minimum Gasteiger partial charge on any atom is -0.478 e. The van der Waals surface area contributed by atoms with E-state index in [4.69, 9.17) is 0 Å². The van der Waals surface area contributed by atoms with Crippen LogP contribution in [0.25, 0.3) is 11.3 Å². The molecular formula is C16H12N6O2. The topological polar surface area (TPSA) is 97.3 Å². The number of aromatic nitrogens is 5. The van der Waals surface area contributed by atoms with Crippen molar-refractivity contribution >= 4 is 23.3 Å². The molecule has 0 saturated heterocycles. The van der Waals surface area contributed by atoms with E-state index in [1.807, 2.05) is 29.1 Å². The number of rotatable bonds is 4. The number of anilines is 2. The summed E-state index contributed by atoms with van der Waals surface area (Å²) in [4.78, 5) is 19.6. The third kappa shape index (κ3) is 2.45. The first-order valence-electron chi connectivity index (χ1n) is 7.15. The zero-order valence-corrected chi connectivity index (χ0v) is 12.4. The predicted molar refractivity (Wildman–Crippen MR) is 86.8 cm³/mol. The highest BCUT2D eigenvalue weighted by Crippen LogP contribution is 2.19. The van der Waals surface area contributed by atoms with Crippen molar-refractivity contribution in [3.63, 3.8) is 0 Å². The maximum atomic E-state index is 11.3. The Hall–Kier alpha value is -3.68. The van der Waals surface area contributed by atoms with Crippen LogP contribution in [0.1, 0.15) is 10.4 Å². The number of carboxylic acids is 1. The number of carboxylic acid groups (broad SMARTS) is 1.